The number of rotatable bonds is 8. The van der Waals surface area contributed by atoms with Crippen LogP contribution in [0.2, 0.25) is 0 Å². The second-order valence-electron chi connectivity index (χ2n) is 6.08. The molecule has 0 heterocycles. The molecule has 0 radical (unpaired) electrons. The molecule has 0 saturated heterocycles. The first-order valence-corrected chi connectivity index (χ1v) is 8.87. The Hall–Kier alpha value is -2.95. The predicted molar refractivity (Wildman–Crippen MR) is 105 cm³/mol. The number of anilines is 1. The number of azo groups is 1. The van der Waals surface area contributed by atoms with E-state index in [4.69, 9.17) is 0 Å². The number of allylic oxidation sites excluding steroid dienone is 1. The van der Waals surface area contributed by atoms with Crippen molar-refractivity contribution in [1.82, 2.24) is 0 Å². The van der Waals surface area contributed by atoms with Crippen LogP contribution in [0, 0.1) is 0 Å². The molecule has 0 aliphatic heterocycles. The molecule has 0 unspecified atom stereocenters. The zero-order valence-corrected chi connectivity index (χ0v) is 15.3. The first-order chi connectivity index (χ1) is 12.6. The molecule has 0 saturated carbocycles. The van der Waals surface area contributed by atoms with Crippen molar-refractivity contribution in [3.63, 3.8) is 0 Å². The maximum Gasteiger partial charge on any atom is 0.279 e. The number of unbranched alkanes of at least 4 members (excludes halogenated alkanes) is 2. The molecule has 5 heteroatoms. The third kappa shape index (κ3) is 6.16. The van der Waals surface area contributed by atoms with E-state index in [0.717, 1.165) is 6.42 Å². The van der Waals surface area contributed by atoms with Gasteiger partial charge >= 0.3 is 0 Å². The number of aliphatic hydroxyl groups is 1. The highest BCUT2D eigenvalue weighted by molar-refractivity contribution is 6.03. The van der Waals surface area contributed by atoms with Crippen molar-refractivity contribution in [3.8, 4) is 0 Å². The van der Waals surface area contributed by atoms with Crippen molar-refractivity contribution in [2.45, 2.75) is 39.5 Å². The summed E-state index contributed by atoms with van der Waals surface area (Å²) in [7, 11) is 0. The van der Waals surface area contributed by atoms with Crippen LogP contribution >= 0.6 is 0 Å². The molecule has 0 aromatic heterocycles. The molecule has 0 atom stereocenters. The third-order valence-corrected chi connectivity index (χ3v) is 3.86. The summed E-state index contributed by atoms with van der Waals surface area (Å²) in [5.41, 5.74) is 2.41. The topological polar surface area (TPSA) is 74.0 Å². The van der Waals surface area contributed by atoms with Gasteiger partial charge in [0, 0.05) is 5.69 Å². The van der Waals surface area contributed by atoms with Crippen LogP contribution in [0.25, 0.3) is 0 Å². The lowest BCUT2D eigenvalue weighted by atomic mass is 10.1. The van der Waals surface area contributed by atoms with Crippen LogP contribution in [0.5, 0.6) is 0 Å². The van der Waals surface area contributed by atoms with Crippen molar-refractivity contribution >= 4 is 17.3 Å². The average molecular weight is 351 g/mol. The number of para-hydroxylation sites is 1. The Morgan fingerprint density at radius 3 is 2.35 bits per heavy atom. The van der Waals surface area contributed by atoms with Crippen molar-refractivity contribution in [2.75, 3.05) is 5.32 Å². The standard InChI is InChI=1S/C21H25N3O2/c1-3-4-6-9-17-12-14-19(15-13-17)23-24-20(16(2)25)21(26)22-18-10-7-5-8-11-18/h5,7-8,10-15,25H,3-4,6,9H2,1-2H3,(H,22,26)/b20-16-,24-23?. The van der Waals surface area contributed by atoms with Crippen LogP contribution in [-0.2, 0) is 11.2 Å². The maximum atomic E-state index is 12.3. The monoisotopic (exact) mass is 351 g/mol. The summed E-state index contributed by atoms with van der Waals surface area (Å²) in [6, 6.07) is 16.8. The Morgan fingerprint density at radius 1 is 1.04 bits per heavy atom. The van der Waals surface area contributed by atoms with Gasteiger partial charge in [0.05, 0.1) is 5.69 Å². The molecular formula is C21H25N3O2. The van der Waals surface area contributed by atoms with Gasteiger partial charge in [0.15, 0.2) is 5.70 Å². The molecule has 1 amide bonds. The molecule has 0 aliphatic rings. The van der Waals surface area contributed by atoms with Crippen LogP contribution < -0.4 is 5.32 Å². The minimum atomic E-state index is -0.504. The van der Waals surface area contributed by atoms with E-state index in [0.29, 0.717) is 11.4 Å². The molecule has 2 rings (SSSR count). The summed E-state index contributed by atoms with van der Waals surface area (Å²) < 4.78 is 0. The van der Waals surface area contributed by atoms with Gasteiger partial charge in [-0.15, -0.1) is 5.11 Å². The molecule has 2 aromatic carbocycles. The minimum Gasteiger partial charge on any atom is -0.510 e. The number of aryl methyl sites for hydroxylation is 1. The second-order valence-corrected chi connectivity index (χ2v) is 6.08. The molecule has 0 fully saturated rings. The largest absolute Gasteiger partial charge is 0.510 e. The Kier molecular flexibility index (Phi) is 7.55. The summed E-state index contributed by atoms with van der Waals surface area (Å²) in [5, 5.41) is 20.5. The van der Waals surface area contributed by atoms with E-state index in [1.807, 2.05) is 42.5 Å². The van der Waals surface area contributed by atoms with Gasteiger partial charge in [-0.2, -0.15) is 5.11 Å². The fourth-order valence-corrected chi connectivity index (χ4v) is 2.41. The summed E-state index contributed by atoms with van der Waals surface area (Å²) >= 11 is 0. The van der Waals surface area contributed by atoms with Crippen LogP contribution in [0.15, 0.2) is 76.3 Å². The van der Waals surface area contributed by atoms with Gasteiger partial charge in [0.1, 0.15) is 5.76 Å². The van der Waals surface area contributed by atoms with Crippen molar-refractivity contribution in [2.24, 2.45) is 10.2 Å². The Labute approximate surface area is 154 Å². The van der Waals surface area contributed by atoms with Gasteiger partial charge in [-0.05, 0) is 49.6 Å². The molecule has 136 valence electrons. The van der Waals surface area contributed by atoms with Crippen LogP contribution in [0.4, 0.5) is 11.4 Å². The SMILES string of the molecule is CCCCCc1ccc(N=N/C(C(=O)Nc2ccccc2)=C(/C)O)cc1. The van der Waals surface area contributed by atoms with Crippen LogP contribution in [-0.4, -0.2) is 11.0 Å². The lowest BCUT2D eigenvalue weighted by Crippen LogP contribution is -2.14. The quantitative estimate of drug-likeness (QED) is 0.268. The number of hydrogen-bond donors (Lipinski definition) is 2. The van der Waals surface area contributed by atoms with Gasteiger partial charge in [0.25, 0.3) is 5.91 Å². The lowest BCUT2D eigenvalue weighted by molar-refractivity contribution is -0.113. The highest BCUT2D eigenvalue weighted by Gasteiger charge is 2.13. The van der Waals surface area contributed by atoms with Gasteiger partial charge < -0.3 is 10.4 Å². The minimum absolute atomic E-state index is 0.110. The zero-order chi connectivity index (χ0) is 18.8. The number of benzene rings is 2. The number of aliphatic hydroxyl groups excluding tert-OH is 1. The normalized spacial score (nSPS) is 12.1. The number of hydrogen-bond acceptors (Lipinski definition) is 4. The van der Waals surface area contributed by atoms with E-state index < -0.39 is 5.91 Å². The smallest absolute Gasteiger partial charge is 0.279 e. The predicted octanol–water partition coefficient (Wildman–Crippen LogP) is 5.93. The van der Waals surface area contributed by atoms with Gasteiger partial charge in [-0.1, -0.05) is 50.1 Å². The fourth-order valence-electron chi connectivity index (χ4n) is 2.41. The number of nitrogens with zero attached hydrogens (tertiary/aromatic N) is 2. The van der Waals surface area contributed by atoms with Crippen molar-refractivity contribution in [3.05, 3.63) is 71.6 Å². The molecule has 0 aliphatic carbocycles. The summed E-state index contributed by atoms with van der Waals surface area (Å²) in [6.45, 7) is 3.60. The third-order valence-electron chi connectivity index (χ3n) is 3.86. The van der Waals surface area contributed by atoms with E-state index >= 15 is 0 Å². The fraction of sp³-hybridized carbons (Fsp3) is 0.286. The highest BCUT2D eigenvalue weighted by atomic mass is 16.3. The van der Waals surface area contributed by atoms with E-state index in [1.54, 1.807) is 12.1 Å². The molecule has 5 nitrogen and oxygen atoms in total. The number of amides is 1. The molecule has 0 bridgehead atoms. The van der Waals surface area contributed by atoms with Gasteiger partial charge in [-0.25, -0.2) is 0 Å². The van der Waals surface area contributed by atoms with E-state index in [-0.39, 0.29) is 11.5 Å². The summed E-state index contributed by atoms with van der Waals surface area (Å²) in [5.74, 6) is -0.686. The first kappa shape index (κ1) is 19.4. The molecule has 26 heavy (non-hydrogen) atoms. The highest BCUT2D eigenvalue weighted by Crippen LogP contribution is 2.18. The Morgan fingerprint density at radius 2 is 1.73 bits per heavy atom. The van der Waals surface area contributed by atoms with Crippen LogP contribution in [0.3, 0.4) is 0 Å². The lowest BCUT2D eigenvalue weighted by Gasteiger charge is -2.05. The van der Waals surface area contributed by atoms with Gasteiger partial charge in [-0.3, -0.25) is 4.79 Å². The second kappa shape index (κ2) is 10.1. The Bertz CT molecular complexity index is 762. The zero-order valence-electron chi connectivity index (χ0n) is 15.3. The van der Waals surface area contributed by atoms with E-state index in [1.165, 1.54) is 31.7 Å². The van der Waals surface area contributed by atoms with Crippen molar-refractivity contribution < 1.29 is 9.90 Å². The number of carbonyl (C=O) groups excluding carboxylic acids is 1. The number of carbonyl (C=O) groups is 1. The Balaban J connectivity index is 2.03. The van der Waals surface area contributed by atoms with Gasteiger partial charge in [0.2, 0.25) is 0 Å². The van der Waals surface area contributed by atoms with Crippen LogP contribution in [0.1, 0.15) is 38.7 Å². The molecular weight excluding hydrogens is 326 g/mol. The van der Waals surface area contributed by atoms with E-state index in [2.05, 4.69) is 22.5 Å². The van der Waals surface area contributed by atoms with Crippen molar-refractivity contribution in [1.29, 1.82) is 0 Å². The maximum absolute atomic E-state index is 12.3. The molecule has 2 aromatic rings. The number of nitrogens with one attached hydrogen (secondary N) is 1. The summed E-state index contributed by atoms with van der Waals surface area (Å²) in [6.07, 6.45) is 4.65. The molecule has 2 N–H and O–H groups in total. The first-order valence-electron chi connectivity index (χ1n) is 8.87. The average Bonchev–Trinajstić information content (AvgIpc) is 2.64. The molecule has 0 spiro atoms. The van der Waals surface area contributed by atoms with E-state index in [9.17, 15) is 9.90 Å². The summed E-state index contributed by atoms with van der Waals surface area (Å²) in [4.78, 5) is 12.3.